The minimum Gasteiger partial charge on any atom is -0.338 e. The van der Waals surface area contributed by atoms with E-state index >= 15 is 0 Å². The standard InChI is InChI=1S/C13H13N5OS2/c1-18(6-11-14-8-15-17-11)12(19)5-9-7-21-13(16-9)10-3-2-4-20-10/h2-4,7-8H,5-6H2,1H3,(H,14,15,17). The number of aromatic nitrogens is 4. The Morgan fingerprint density at radius 2 is 2.33 bits per heavy atom. The highest BCUT2D eigenvalue weighted by Crippen LogP contribution is 2.27. The minimum atomic E-state index is 0.00873. The van der Waals surface area contributed by atoms with Crippen LogP contribution in [-0.4, -0.2) is 38.0 Å². The van der Waals surface area contributed by atoms with Gasteiger partial charge in [-0.25, -0.2) is 9.97 Å². The highest BCUT2D eigenvalue weighted by atomic mass is 32.1. The summed E-state index contributed by atoms with van der Waals surface area (Å²) in [5, 5.41) is 11.4. The predicted molar refractivity (Wildman–Crippen MR) is 82.0 cm³/mol. The fourth-order valence-corrected chi connectivity index (χ4v) is 3.45. The average Bonchev–Trinajstić information content (AvgIpc) is 3.20. The van der Waals surface area contributed by atoms with Gasteiger partial charge in [0.2, 0.25) is 5.91 Å². The molecule has 0 unspecified atom stereocenters. The van der Waals surface area contributed by atoms with E-state index in [9.17, 15) is 4.79 Å². The van der Waals surface area contributed by atoms with Gasteiger partial charge in [0.1, 0.15) is 17.2 Å². The van der Waals surface area contributed by atoms with Gasteiger partial charge < -0.3 is 4.90 Å². The minimum absolute atomic E-state index is 0.00873. The van der Waals surface area contributed by atoms with Crippen LogP contribution in [0.25, 0.3) is 9.88 Å². The van der Waals surface area contributed by atoms with Gasteiger partial charge in [0.25, 0.3) is 0 Å². The van der Waals surface area contributed by atoms with Gasteiger partial charge in [0.05, 0.1) is 23.5 Å². The third kappa shape index (κ3) is 3.34. The van der Waals surface area contributed by atoms with E-state index in [2.05, 4.69) is 20.2 Å². The molecule has 0 bridgehead atoms. The van der Waals surface area contributed by atoms with Crippen molar-refractivity contribution < 1.29 is 4.79 Å². The Morgan fingerprint density at radius 1 is 1.43 bits per heavy atom. The van der Waals surface area contributed by atoms with Gasteiger partial charge in [-0.15, -0.1) is 22.7 Å². The number of thiophene rings is 1. The number of H-pyrrole nitrogens is 1. The molecule has 0 saturated carbocycles. The van der Waals surface area contributed by atoms with Crippen LogP contribution in [-0.2, 0) is 17.8 Å². The van der Waals surface area contributed by atoms with Crippen molar-refractivity contribution in [2.75, 3.05) is 7.05 Å². The van der Waals surface area contributed by atoms with Crippen molar-refractivity contribution in [2.24, 2.45) is 0 Å². The molecule has 3 heterocycles. The third-order valence-electron chi connectivity index (χ3n) is 2.89. The Kier molecular flexibility index (Phi) is 4.07. The molecule has 0 aromatic carbocycles. The number of nitrogens with one attached hydrogen (secondary N) is 1. The van der Waals surface area contributed by atoms with Crippen LogP contribution in [0, 0.1) is 0 Å². The molecule has 0 aliphatic heterocycles. The number of carbonyl (C=O) groups excluding carboxylic acids is 1. The molecule has 1 amide bonds. The summed E-state index contributed by atoms with van der Waals surface area (Å²) in [6.45, 7) is 0.417. The van der Waals surface area contributed by atoms with Crippen molar-refractivity contribution in [1.82, 2.24) is 25.1 Å². The van der Waals surface area contributed by atoms with Crippen LogP contribution >= 0.6 is 22.7 Å². The number of likely N-dealkylation sites (N-methyl/N-ethyl adjacent to an activating group) is 1. The monoisotopic (exact) mass is 319 g/mol. The highest BCUT2D eigenvalue weighted by Gasteiger charge is 2.14. The molecule has 6 nitrogen and oxygen atoms in total. The fourth-order valence-electron chi connectivity index (χ4n) is 1.81. The Balaban J connectivity index is 1.62. The van der Waals surface area contributed by atoms with Crippen LogP contribution in [0.1, 0.15) is 11.5 Å². The number of rotatable bonds is 5. The maximum absolute atomic E-state index is 12.2. The second-order valence-corrected chi connectivity index (χ2v) is 6.29. The third-order valence-corrected chi connectivity index (χ3v) is 4.82. The van der Waals surface area contributed by atoms with Crippen LogP contribution < -0.4 is 0 Å². The Labute approximate surface area is 129 Å². The maximum atomic E-state index is 12.2. The van der Waals surface area contributed by atoms with Crippen molar-refractivity contribution >= 4 is 28.6 Å². The first-order chi connectivity index (χ1) is 10.2. The molecule has 0 aliphatic rings. The van der Waals surface area contributed by atoms with Gasteiger partial charge in [-0.3, -0.25) is 9.89 Å². The predicted octanol–water partition coefficient (Wildman–Crippen LogP) is 2.19. The summed E-state index contributed by atoms with van der Waals surface area (Å²) in [5.41, 5.74) is 0.804. The largest absolute Gasteiger partial charge is 0.338 e. The van der Waals surface area contributed by atoms with Gasteiger partial charge >= 0.3 is 0 Å². The number of hydrogen-bond acceptors (Lipinski definition) is 6. The lowest BCUT2D eigenvalue weighted by atomic mass is 10.3. The molecule has 0 spiro atoms. The van der Waals surface area contributed by atoms with Crippen LogP contribution in [0.2, 0.25) is 0 Å². The molecule has 108 valence electrons. The molecular weight excluding hydrogens is 306 g/mol. The molecule has 0 radical (unpaired) electrons. The maximum Gasteiger partial charge on any atom is 0.228 e. The second-order valence-electron chi connectivity index (χ2n) is 4.48. The lowest BCUT2D eigenvalue weighted by Gasteiger charge is -2.14. The van der Waals surface area contributed by atoms with Crippen LogP contribution in [0.15, 0.2) is 29.2 Å². The van der Waals surface area contributed by atoms with E-state index in [1.807, 2.05) is 22.9 Å². The summed E-state index contributed by atoms with van der Waals surface area (Å²) >= 11 is 3.22. The highest BCUT2D eigenvalue weighted by molar-refractivity contribution is 7.20. The summed E-state index contributed by atoms with van der Waals surface area (Å²) in [7, 11) is 1.75. The molecule has 1 N–H and O–H groups in total. The van der Waals surface area contributed by atoms with Crippen molar-refractivity contribution in [3.63, 3.8) is 0 Å². The van der Waals surface area contributed by atoms with Gasteiger partial charge in [0, 0.05) is 12.4 Å². The number of aromatic amines is 1. The summed E-state index contributed by atoms with van der Waals surface area (Å²) in [6, 6.07) is 4.03. The first kappa shape index (κ1) is 13.9. The zero-order valence-electron chi connectivity index (χ0n) is 11.3. The zero-order chi connectivity index (χ0) is 14.7. The molecule has 21 heavy (non-hydrogen) atoms. The first-order valence-electron chi connectivity index (χ1n) is 6.29. The van der Waals surface area contributed by atoms with Crippen LogP contribution in [0.3, 0.4) is 0 Å². The molecule has 8 heteroatoms. The van der Waals surface area contributed by atoms with E-state index < -0.39 is 0 Å². The van der Waals surface area contributed by atoms with Gasteiger partial charge in [0.15, 0.2) is 0 Å². The number of nitrogens with zero attached hydrogens (tertiary/aromatic N) is 4. The second kappa shape index (κ2) is 6.15. The molecule has 3 aromatic heterocycles. The van der Waals surface area contributed by atoms with Crippen molar-refractivity contribution in [3.8, 4) is 9.88 Å². The summed E-state index contributed by atoms with van der Waals surface area (Å²) in [5.74, 6) is 0.679. The summed E-state index contributed by atoms with van der Waals surface area (Å²) in [6.07, 6.45) is 1.73. The molecule has 3 aromatic rings. The van der Waals surface area contributed by atoms with E-state index in [0.717, 1.165) is 15.6 Å². The SMILES string of the molecule is CN(Cc1ncn[nH]1)C(=O)Cc1csc(-c2cccs2)n1. The zero-order valence-corrected chi connectivity index (χ0v) is 12.9. The van der Waals surface area contributed by atoms with Crippen molar-refractivity contribution in [1.29, 1.82) is 0 Å². The molecule has 0 aliphatic carbocycles. The molecular formula is C13H13N5OS2. The molecule has 0 atom stereocenters. The van der Waals surface area contributed by atoms with E-state index in [0.29, 0.717) is 18.8 Å². The first-order valence-corrected chi connectivity index (χ1v) is 8.05. The van der Waals surface area contributed by atoms with E-state index in [1.54, 1.807) is 34.6 Å². The quantitative estimate of drug-likeness (QED) is 0.782. The lowest BCUT2D eigenvalue weighted by Crippen LogP contribution is -2.28. The van der Waals surface area contributed by atoms with Gasteiger partial charge in [-0.1, -0.05) is 6.07 Å². The lowest BCUT2D eigenvalue weighted by molar-refractivity contribution is -0.129. The molecule has 3 rings (SSSR count). The number of amides is 1. The van der Waals surface area contributed by atoms with E-state index in [1.165, 1.54) is 6.33 Å². The van der Waals surface area contributed by atoms with Crippen LogP contribution in [0.4, 0.5) is 0 Å². The van der Waals surface area contributed by atoms with E-state index in [-0.39, 0.29) is 5.91 Å². The fraction of sp³-hybridized carbons (Fsp3) is 0.231. The Morgan fingerprint density at radius 3 is 3.05 bits per heavy atom. The molecule has 0 saturated heterocycles. The van der Waals surface area contributed by atoms with Gasteiger partial charge in [-0.2, -0.15) is 5.10 Å². The summed E-state index contributed by atoms with van der Waals surface area (Å²) in [4.78, 5) is 23.4. The Hall–Kier alpha value is -2.06. The van der Waals surface area contributed by atoms with Crippen molar-refractivity contribution in [3.05, 3.63) is 40.7 Å². The van der Waals surface area contributed by atoms with E-state index in [4.69, 9.17) is 0 Å². The average molecular weight is 319 g/mol. The normalized spacial score (nSPS) is 10.7. The number of carbonyl (C=O) groups is 1. The molecule has 0 fully saturated rings. The smallest absolute Gasteiger partial charge is 0.228 e. The summed E-state index contributed by atoms with van der Waals surface area (Å²) < 4.78 is 0. The number of thiazole rings is 1. The van der Waals surface area contributed by atoms with Gasteiger partial charge in [-0.05, 0) is 11.4 Å². The van der Waals surface area contributed by atoms with Crippen molar-refractivity contribution in [2.45, 2.75) is 13.0 Å². The Bertz CT molecular complexity index is 705. The number of hydrogen-bond donors (Lipinski definition) is 1. The topological polar surface area (TPSA) is 74.8 Å². The van der Waals surface area contributed by atoms with Crippen LogP contribution in [0.5, 0.6) is 0 Å².